The van der Waals surface area contributed by atoms with E-state index < -0.39 is 70.3 Å². The normalized spacial score (nSPS) is 25.8. The van der Waals surface area contributed by atoms with Gasteiger partial charge in [-0.2, -0.15) is 0 Å². The van der Waals surface area contributed by atoms with Crippen LogP contribution in [0.1, 0.15) is 34.7 Å². The number of carboxylic acid groups (broad SMARTS) is 1. The van der Waals surface area contributed by atoms with Crippen LogP contribution in [0.25, 0.3) is 0 Å². The fourth-order valence-electron chi connectivity index (χ4n) is 6.38. The third kappa shape index (κ3) is 3.68. The number of Topliss-reactive ketones (excluding diaryl/α,β-unsaturated/α-hetero) is 1. The van der Waals surface area contributed by atoms with Gasteiger partial charge in [0, 0.05) is 29.2 Å². The second-order valence-corrected chi connectivity index (χ2v) is 11.0. The molecule has 3 aliphatic carbocycles. The molecular weight excluding hydrogens is 589 g/mol. The Bertz CT molecular complexity index is 1690. The minimum absolute atomic E-state index is 0.00295. The highest BCUT2D eigenvalue weighted by molar-refractivity contribution is 9.12. The van der Waals surface area contributed by atoms with Crippen molar-refractivity contribution in [2.75, 3.05) is 4.90 Å². The topological polar surface area (TPSA) is 149 Å². The predicted octanol–water partition coefficient (Wildman–Crippen LogP) is 3.90. The zero-order valence-electron chi connectivity index (χ0n) is 20.4. The van der Waals surface area contributed by atoms with Crippen LogP contribution in [0, 0.1) is 23.6 Å². The molecule has 3 N–H and O–H groups in total. The predicted molar refractivity (Wildman–Crippen MR) is 140 cm³/mol. The lowest BCUT2D eigenvalue weighted by atomic mass is 9.59. The summed E-state index contributed by atoms with van der Waals surface area (Å²) in [5.41, 5.74) is 0.872. The van der Waals surface area contributed by atoms with Gasteiger partial charge in [0.05, 0.1) is 22.0 Å². The highest BCUT2D eigenvalue weighted by Crippen LogP contribution is 2.55. The van der Waals surface area contributed by atoms with Crippen molar-refractivity contribution in [3.63, 3.8) is 0 Å². The maximum atomic E-state index is 14.5. The Morgan fingerprint density at radius 2 is 1.73 bits per heavy atom. The number of aromatic carboxylic acids is 1. The molecular formula is C29H19BrFNO8. The Hall–Kier alpha value is -4.38. The number of carboxylic acids is 1. The monoisotopic (exact) mass is 607 g/mol. The van der Waals surface area contributed by atoms with E-state index in [1.807, 2.05) is 0 Å². The first kappa shape index (κ1) is 25.9. The molecule has 0 bridgehead atoms. The lowest BCUT2D eigenvalue weighted by molar-refractivity contribution is -0.123. The number of rotatable bonds is 3. The van der Waals surface area contributed by atoms with E-state index in [0.717, 1.165) is 35.2 Å². The van der Waals surface area contributed by atoms with Crippen LogP contribution in [0.5, 0.6) is 11.5 Å². The maximum absolute atomic E-state index is 14.5. The quantitative estimate of drug-likeness (QED) is 0.270. The number of benzene rings is 2. The number of carbonyl (C=O) groups is 5. The molecule has 1 heterocycles. The number of hydrogen-bond donors (Lipinski definition) is 3. The molecule has 9 nitrogen and oxygen atoms in total. The van der Waals surface area contributed by atoms with Crippen molar-refractivity contribution in [3.8, 4) is 11.5 Å². The number of carbonyl (C=O) groups excluding carboxylic acids is 4. The standard InChI is InChI=1S/C29H19BrFNO8/c30-18-10-22(35)25-17(26(18)36)9-16-13(23(25)11-1-6-20(33)19(31)7-11)4-5-15-24(16)28(38)32(27(15)37)12-2-3-14(29(39)40)21(34)8-12/h1-4,6-8,10,15-16,23-24,33-34H,5,9H2,(H,39,40)/t15-,16+,23-,24-/m0/s1. The molecule has 6 rings (SSSR count). The van der Waals surface area contributed by atoms with E-state index in [9.17, 15) is 43.7 Å². The largest absolute Gasteiger partial charge is 0.507 e. The van der Waals surface area contributed by atoms with Crippen molar-refractivity contribution in [2.45, 2.75) is 18.8 Å². The van der Waals surface area contributed by atoms with Gasteiger partial charge in [0.1, 0.15) is 11.3 Å². The second-order valence-electron chi connectivity index (χ2n) is 10.1. The number of allylic oxidation sites excluding steroid dienone is 6. The lowest BCUT2D eigenvalue weighted by Crippen LogP contribution is -2.39. The van der Waals surface area contributed by atoms with E-state index in [1.54, 1.807) is 6.08 Å². The van der Waals surface area contributed by atoms with E-state index in [2.05, 4.69) is 15.9 Å². The number of amides is 2. The summed E-state index contributed by atoms with van der Waals surface area (Å²) in [6, 6.07) is 7.10. The third-order valence-electron chi connectivity index (χ3n) is 8.11. The molecule has 0 unspecified atom stereocenters. The van der Waals surface area contributed by atoms with Gasteiger partial charge in [-0.1, -0.05) is 17.7 Å². The number of nitrogens with zero attached hydrogens (tertiary/aromatic N) is 1. The first-order valence-corrected chi connectivity index (χ1v) is 13.1. The van der Waals surface area contributed by atoms with Crippen LogP contribution in [0.3, 0.4) is 0 Å². The van der Waals surface area contributed by atoms with Gasteiger partial charge in [0.15, 0.2) is 23.1 Å². The summed E-state index contributed by atoms with van der Waals surface area (Å²) in [5, 5.41) is 29.1. The van der Waals surface area contributed by atoms with Gasteiger partial charge in [0.2, 0.25) is 11.8 Å². The number of imide groups is 1. The number of halogens is 2. The fourth-order valence-corrected chi connectivity index (χ4v) is 6.83. The highest BCUT2D eigenvalue weighted by Gasteiger charge is 2.56. The molecule has 0 saturated carbocycles. The number of hydrogen-bond acceptors (Lipinski definition) is 7. The third-order valence-corrected chi connectivity index (χ3v) is 8.70. The molecule has 1 fully saturated rings. The molecule has 11 heteroatoms. The van der Waals surface area contributed by atoms with Gasteiger partial charge < -0.3 is 15.3 Å². The van der Waals surface area contributed by atoms with Crippen molar-refractivity contribution in [1.29, 1.82) is 0 Å². The van der Waals surface area contributed by atoms with Gasteiger partial charge in [-0.25, -0.2) is 14.1 Å². The van der Waals surface area contributed by atoms with Gasteiger partial charge in [-0.3, -0.25) is 19.2 Å². The summed E-state index contributed by atoms with van der Waals surface area (Å²) in [6.45, 7) is 0. The molecule has 4 aliphatic rings. The van der Waals surface area contributed by atoms with Gasteiger partial charge >= 0.3 is 5.97 Å². The average molecular weight is 608 g/mol. The van der Waals surface area contributed by atoms with Crippen molar-refractivity contribution in [1.82, 2.24) is 0 Å². The molecule has 0 radical (unpaired) electrons. The highest BCUT2D eigenvalue weighted by atomic mass is 79.9. The van der Waals surface area contributed by atoms with Crippen molar-refractivity contribution < 1.29 is 43.7 Å². The zero-order valence-corrected chi connectivity index (χ0v) is 22.0. The minimum Gasteiger partial charge on any atom is -0.507 e. The van der Waals surface area contributed by atoms with Crippen LogP contribution in [0.15, 0.2) is 69.8 Å². The Balaban J connectivity index is 1.46. The number of anilines is 1. The summed E-state index contributed by atoms with van der Waals surface area (Å²) in [4.78, 5) is 66.0. The fraction of sp³-hybridized carbons (Fsp3) is 0.207. The van der Waals surface area contributed by atoms with E-state index in [-0.39, 0.29) is 39.7 Å². The Morgan fingerprint density at radius 1 is 0.975 bits per heavy atom. The molecule has 1 aliphatic heterocycles. The number of phenolic OH excluding ortho intramolecular Hbond substituents is 1. The van der Waals surface area contributed by atoms with Crippen LogP contribution >= 0.6 is 15.9 Å². The first-order valence-electron chi connectivity index (χ1n) is 12.3. The molecule has 2 aromatic rings. The van der Waals surface area contributed by atoms with Crippen LogP contribution in [0.4, 0.5) is 10.1 Å². The summed E-state index contributed by atoms with van der Waals surface area (Å²) < 4.78 is 14.5. The molecule has 2 aromatic carbocycles. The lowest BCUT2D eigenvalue weighted by Gasteiger charge is -2.42. The average Bonchev–Trinajstić information content (AvgIpc) is 3.17. The van der Waals surface area contributed by atoms with Gasteiger partial charge in [0.25, 0.3) is 0 Å². The molecule has 202 valence electrons. The molecule has 0 aromatic heterocycles. The summed E-state index contributed by atoms with van der Waals surface area (Å²) in [5.74, 6) is -8.75. The summed E-state index contributed by atoms with van der Waals surface area (Å²) in [7, 11) is 0. The second kappa shape index (κ2) is 9.09. The zero-order chi connectivity index (χ0) is 28.6. The first-order chi connectivity index (χ1) is 19.0. The van der Waals surface area contributed by atoms with Crippen LogP contribution in [-0.4, -0.2) is 44.7 Å². The van der Waals surface area contributed by atoms with E-state index in [4.69, 9.17) is 0 Å². The smallest absolute Gasteiger partial charge is 0.339 e. The van der Waals surface area contributed by atoms with Gasteiger partial charge in [-0.05, 0) is 64.5 Å². The number of ketones is 2. The summed E-state index contributed by atoms with van der Waals surface area (Å²) >= 11 is 3.14. The number of aromatic hydroxyl groups is 2. The van der Waals surface area contributed by atoms with E-state index in [1.165, 1.54) is 12.1 Å². The Kier molecular flexibility index (Phi) is 5.88. The van der Waals surface area contributed by atoms with Crippen molar-refractivity contribution in [2.24, 2.45) is 17.8 Å². The minimum atomic E-state index is -1.37. The molecule has 1 saturated heterocycles. The van der Waals surface area contributed by atoms with Crippen LogP contribution in [-0.2, 0) is 19.2 Å². The Labute approximate surface area is 234 Å². The molecule has 40 heavy (non-hydrogen) atoms. The van der Waals surface area contributed by atoms with Crippen LogP contribution < -0.4 is 4.90 Å². The number of fused-ring (bicyclic) bond motifs is 3. The Morgan fingerprint density at radius 3 is 2.40 bits per heavy atom. The van der Waals surface area contributed by atoms with Crippen LogP contribution in [0.2, 0.25) is 0 Å². The number of phenols is 2. The SMILES string of the molecule is O=C1C=C(Br)C(=O)C2=C1[C@@H](c1ccc(O)c(F)c1)C1=CC[C@@H]3C(=O)N(c4ccc(C(=O)O)c(O)c4)C(=O)[C@@H]3[C@@H]1C2. The molecule has 0 spiro atoms. The van der Waals surface area contributed by atoms with Gasteiger partial charge in [-0.15, -0.1) is 0 Å². The van der Waals surface area contributed by atoms with Crippen molar-refractivity contribution >= 4 is 51.0 Å². The van der Waals surface area contributed by atoms with E-state index >= 15 is 0 Å². The van der Waals surface area contributed by atoms with Crippen molar-refractivity contribution in [3.05, 3.63) is 86.7 Å². The molecule has 4 atom stereocenters. The molecule has 2 amide bonds. The van der Waals surface area contributed by atoms with E-state index in [0.29, 0.717) is 11.1 Å². The maximum Gasteiger partial charge on any atom is 0.339 e. The summed E-state index contributed by atoms with van der Waals surface area (Å²) in [6.07, 6.45) is 3.06.